The van der Waals surface area contributed by atoms with Crippen molar-refractivity contribution in [1.29, 1.82) is 0 Å². The number of carbonyl (C=O) groups excluding carboxylic acids is 2. The summed E-state index contributed by atoms with van der Waals surface area (Å²) in [4.78, 5) is 31.4. The number of rotatable bonds is 3. The van der Waals surface area contributed by atoms with Crippen molar-refractivity contribution >= 4 is 29.1 Å². The molecule has 1 aliphatic heterocycles. The zero-order chi connectivity index (χ0) is 19.1. The number of aliphatic imine (C=N–C) groups is 1. The Morgan fingerprint density at radius 1 is 1.11 bits per heavy atom. The molecule has 0 fully saturated rings. The summed E-state index contributed by atoms with van der Waals surface area (Å²) < 4.78 is 0. The molecule has 1 aliphatic rings. The molecule has 4 rings (SSSR count). The molecule has 1 aromatic heterocycles. The predicted octanol–water partition coefficient (Wildman–Crippen LogP) is 3.39. The third-order valence-corrected chi connectivity index (χ3v) is 4.62. The molecule has 0 aliphatic carbocycles. The number of hydrogen-bond donors (Lipinski definition) is 3. The fourth-order valence-corrected chi connectivity index (χ4v) is 3.36. The second-order valence-corrected chi connectivity index (χ2v) is 6.47. The van der Waals surface area contributed by atoms with Crippen molar-refractivity contribution in [3.63, 3.8) is 0 Å². The van der Waals surface area contributed by atoms with Crippen LogP contribution in [0.1, 0.15) is 31.8 Å². The van der Waals surface area contributed by atoms with Crippen molar-refractivity contribution < 1.29 is 14.7 Å². The SMILES string of the molecule is CNC(=O)c1cccc(C2=NC(=O)c3c(-c4cccc(Cl)c4)[nH]c(O)c32)c1. The van der Waals surface area contributed by atoms with Gasteiger partial charge in [0.05, 0.1) is 22.5 Å². The molecule has 0 spiro atoms. The lowest BCUT2D eigenvalue weighted by molar-refractivity contribution is 0.0961. The number of H-pyrrole nitrogens is 1. The van der Waals surface area contributed by atoms with Crippen LogP contribution in [0.3, 0.4) is 0 Å². The zero-order valence-corrected chi connectivity index (χ0v) is 15.0. The lowest BCUT2D eigenvalue weighted by Crippen LogP contribution is -2.18. The molecule has 7 heteroatoms. The molecule has 0 saturated carbocycles. The van der Waals surface area contributed by atoms with Crippen molar-refractivity contribution in [2.45, 2.75) is 0 Å². The highest BCUT2D eigenvalue weighted by Crippen LogP contribution is 2.38. The molecule has 0 unspecified atom stereocenters. The Labute approximate surface area is 159 Å². The molecular weight excluding hydrogens is 366 g/mol. The van der Waals surface area contributed by atoms with Crippen LogP contribution >= 0.6 is 11.6 Å². The monoisotopic (exact) mass is 379 g/mol. The highest BCUT2D eigenvalue weighted by Gasteiger charge is 2.33. The Kier molecular flexibility index (Phi) is 4.05. The van der Waals surface area contributed by atoms with Crippen LogP contribution in [0.5, 0.6) is 5.88 Å². The molecule has 2 amide bonds. The topological polar surface area (TPSA) is 94.5 Å². The number of hydrogen-bond acceptors (Lipinski definition) is 3. The summed E-state index contributed by atoms with van der Waals surface area (Å²) in [5, 5.41) is 13.5. The number of aromatic amines is 1. The summed E-state index contributed by atoms with van der Waals surface area (Å²) in [7, 11) is 1.54. The van der Waals surface area contributed by atoms with Crippen LogP contribution in [0.4, 0.5) is 0 Å². The Bertz CT molecular complexity index is 1130. The lowest BCUT2D eigenvalue weighted by atomic mass is 9.99. The first-order valence-electron chi connectivity index (χ1n) is 8.16. The average Bonchev–Trinajstić information content (AvgIpc) is 3.20. The van der Waals surface area contributed by atoms with Gasteiger partial charge in [-0.2, -0.15) is 0 Å². The minimum Gasteiger partial charge on any atom is -0.494 e. The second-order valence-electron chi connectivity index (χ2n) is 6.03. The fourth-order valence-electron chi connectivity index (χ4n) is 3.17. The highest BCUT2D eigenvalue weighted by atomic mass is 35.5. The van der Waals surface area contributed by atoms with Gasteiger partial charge in [0.25, 0.3) is 11.8 Å². The van der Waals surface area contributed by atoms with Gasteiger partial charge in [-0.1, -0.05) is 35.9 Å². The molecule has 0 radical (unpaired) electrons. The highest BCUT2D eigenvalue weighted by molar-refractivity contribution is 6.32. The van der Waals surface area contributed by atoms with Crippen LogP contribution in [0.25, 0.3) is 11.3 Å². The predicted molar refractivity (Wildman–Crippen MR) is 103 cm³/mol. The van der Waals surface area contributed by atoms with Crippen LogP contribution in [0.2, 0.25) is 5.02 Å². The van der Waals surface area contributed by atoms with Gasteiger partial charge in [-0.05, 0) is 24.3 Å². The summed E-state index contributed by atoms with van der Waals surface area (Å²) in [5.74, 6) is -0.869. The largest absolute Gasteiger partial charge is 0.494 e. The van der Waals surface area contributed by atoms with Gasteiger partial charge in [-0.3, -0.25) is 9.59 Å². The molecule has 2 aromatic carbocycles. The van der Waals surface area contributed by atoms with Crippen LogP contribution < -0.4 is 5.32 Å². The number of aromatic hydroxyl groups is 1. The molecule has 6 nitrogen and oxygen atoms in total. The number of amides is 2. The van der Waals surface area contributed by atoms with E-state index in [1.54, 1.807) is 55.6 Å². The molecule has 0 saturated heterocycles. The molecule has 0 bridgehead atoms. The summed E-state index contributed by atoms with van der Waals surface area (Å²) >= 11 is 6.05. The molecule has 134 valence electrons. The van der Waals surface area contributed by atoms with E-state index in [0.717, 1.165) is 0 Å². The molecule has 3 N–H and O–H groups in total. The van der Waals surface area contributed by atoms with E-state index >= 15 is 0 Å². The Morgan fingerprint density at radius 3 is 2.59 bits per heavy atom. The summed E-state index contributed by atoms with van der Waals surface area (Å²) in [5.41, 5.74) is 3.06. The maximum absolute atomic E-state index is 12.6. The Balaban J connectivity index is 1.85. The minimum atomic E-state index is -0.461. The molecular formula is C20H14ClN3O3. The van der Waals surface area contributed by atoms with Crippen molar-refractivity contribution in [3.05, 3.63) is 75.8 Å². The van der Waals surface area contributed by atoms with E-state index in [1.807, 2.05) is 0 Å². The van der Waals surface area contributed by atoms with Crippen LogP contribution in [0, 0.1) is 0 Å². The van der Waals surface area contributed by atoms with Crippen molar-refractivity contribution in [2.24, 2.45) is 4.99 Å². The van der Waals surface area contributed by atoms with E-state index < -0.39 is 5.91 Å². The first-order chi connectivity index (χ1) is 13.0. The van der Waals surface area contributed by atoms with E-state index in [9.17, 15) is 14.7 Å². The number of aromatic nitrogens is 1. The molecule has 0 atom stereocenters. The first kappa shape index (κ1) is 17.1. The number of benzene rings is 2. The van der Waals surface area contributed by atoms with Crippen molar-refractivity contribution in [2.75, 3.05) is 7.05 Å². The van der Waals surface area contributed by atoms with E-state index in [2.05, 4.69) is 15.3 Å². The Morgan fingerprint density at radius 2 is 1.85 bits per heavy atom. The normalized spacial score (nSPS) is 12.7. The average molecular weight is 380 g/mol. The lowest BCUT2D eigenvalue weighted by Gasteiger charge is -2.04. The molecule has 3 aromatic rings. The summed E-state index contributed by atoms with van der Waals surface area (Å²) in [6.07, 6.45) is 0. The quantitative estimate of drug-likeness (QED) is 0.651. The maximum Gasteiger partial charge on any atom is 0.280 e. The van der Waals surface area contributed by atoms with Gasteiger partial charge in [0.2, 0.25) is 0 Å². The minimum absolute atomic E-state index is 0.157. The standard InChI is InChI=1S/C20H14ClN3O3/c1-22-18(25)12-6-2-4-10(8-12)16-14-15(20(27)23-16)17(24-19(14)26)11-5-3-7-13(21)9-11/h2-9,24,26H,1H3,(H,22,25). The van der Waals surface area contributed by atoms with E-state index in [1.165, 1.54) is 0 Å². The third-order valence-electron chi connectivity index (χ3n) is 4.38. The number of nitrogens with one attached hydrogen (secondary N) is 2. The van der Waals surface area contributed by atoms with E-state index in [0.29, 0.717) is 38.7 Å². The van der Waals surface area contributed by atoms with E-state index in [-0.39, 0.29) is 17.4 Å². The second kappa shape index (κ2) is 6.41. The molecule has 2 heterocycles. The Hall–Kier alpha value is -3.38. The number of halogens is 1. The van der Waals surface area contributed by atoms with Gasteiger partial charge < -0.3 is 15.4 Å². The van der Waals surface area contributed by atoms with Crippen LogP contribution in [-0.4, -0.2) is 34.7 Å². The first-order valence-corrected chi connectivity index (χ1v) is 8.54. The van der Waals surface area contributed by atoms with Crippen molar-refractivity contribution in [3.8, 4) is 17.1 Å². The number of fused-ring (bicyclic) bond motifs is 1. The smallest absolute Gasteiger partial charge is 0.280 e. The maximum atomic E-state index is 12.6. The van der Waals surface area contributed by atoms with Gasteiger partial charge in [-0.15, -0.1) is 0 Å². The fraction of sp³-hybridized carbons (Fsp3) is 0.0500. The third kappa shape index (κ3) is 2.80. The van der Waals surface area contributed by atoms with Gasteiger partial charge in [-0.25, -0.2) is 4.99 Å². The van der Waals surface area contributed by atoms with Crippen LogP contribution in [0.15, 0.2) is 53.5 Å². The number of nitrogens with zero attached hydrogens (tertiary/aromatic N) is 1. The van der Waals surface area contributed by atoms with E-state index in [4.69, 9.17) is 11.6 Å². The van der Waals surface area contributed by atoms with Gasteiger partial charge in [0, 0.05) is 28.8 Å². The zero-order valence-electron chi connectivity index (χ0n) is 14.2. The summed E-state index contributed by atoms with van der Waals surface area (Å²) in [6, 6.07) is 13.7. The van der Waals surface area contributed by atoms with Crippen LogP contribution in [-0.2, 0) is 0 Å². The van der Waals surface area contributed by atoms with Gasteiger partial charge in [0.15, 0.2) is 5.88 Å². The van der Waals surface area contributed by atoms with Gasteiger partial charge in [0.1, 0.15) is 0 Å². The summed E-state index contributed by atoms with van der Waals surface area (Å²) in [6.45, 7) is 0. The van der Waals surface area contributed by atoms with Gasteiger partial charge >= 0.3 is 0 Å². The van der Waals surface area contributed by atoms with Crippen molar-refractivity contribution in [1.82, 2.24) is 10.3 Å². The molecule has 27 heavy (non-hydrogen) atoms. The number of carbonyl (C=O) groups is 2.